The summed E-state index contributed by atoms with van der Waals surface area (Å²) in [7, 11) is 1.67. The molecule has 1 heterocycles. The Bertz CT molecular complexity index is 197. The molecule has 1 rings (SSSR count). The van der Waals surface area contributed by atoms with E-state index in [2.05, 4.69) is 17.6 Å². The number of carbonyl (C=O) groups is 1. The van der Waals surface area contributed by atoms with Gasteiger partial charge in [-0.25, -0.2) is 0 Å². The maximum Gasteiger partial charge on any atom is 0.237 e. The molecule has 1 saturated heterocycles. The second-order valence-electron chi connectivity index (χ2n) is 4.19. The van der Waals surface area contributed by atoms with Gasteiger partial charge >= 0.3 is 0 Å². The van der Waals surface area contributed by atoms with Crippen molar-refractivity contribution >= 4 is 5.91 Å². The predicted octanol–water partition coefficient (Wildman–Crippen LogP) is 0.527. The van der Waals surface area contributed by atoms with Crippen molar-refractivity contribution in [2.45, 2.75) is 32.2 Å². The highest BCUT2D eigenvalue weighted by Gasteiger charge is 2.26. The van der Waals surface area contributed by atoms with Gasteiger partial charge < -0.3 is 15.4 Å². The monoisotopic (exact) mass is 214 g/mol. The summed E-state index contributed by atoms with van der Waals surface area (Å²) in [4.78, 5) is 11.8. The lowest BCUT2D eigenvalue weighted by molar-refractivity contribution is -0.124. The number of nitrogens with one attached hydrogen (secondary N) is 2. The SMILES string of the molecule is COCCCNC(=O)C1NCCCC1C. The normalized spacial score (nSPS) is 26.3. The molecule has 0 aliphatic carbocycles. The van der Waals surface area contributed by atoms with Gasteiger partial charge in [0.15, 0.2) is 0 Å². The molecule has 0 bridgehead atoms. The van der Waals surface area contributed by atoms with Crippen molar-refractivity contribution in [2.75, 3.05) is 26.8 Å². The summed E-state index contributed by atoms with van der Waals surface area (Å²) in [5, 5.41) is 6.20. The summed E-state index contributed by atoms with van der Waals surface area (Å²) in [6.07, 6.45) is 3.20. The molecule has 1 aliphatic heterocycles. The lowest BCUT2D eigenvalue weighted by Crippen LogP contribution is -2.51. The molecule has 1 amide bonds. The Morgan fingerprint density at radius 3 is 3.07 bits per heavy atom. The van der Waals surface area contributed by atoms with E-state index < -0.39 is 0 Å². The molecule has 88 valence electrons. The Labute approximate surface area is 91.8 Å². The number of ether oxygens (including phenoxy) is 1. The third-order valence-corrected chi connectivity index (χ3v) is 2.88. The second kappa shape index (κ2) is 6.80. The highest BCUT2D eigenvalue weighted by Crippen LogP contribution is 2.15. The minimum absolute atomic E-state index is 0.00120. The lowest BCUT2D eigenvalue weighted by atomic mass is 9.92. The van der Waals surface area contributed by atoms with Crippen LogP contribution in [0.15, 0.2) is 0 Å². The van der Waals surface area contributed by atoms with Crippen LogP contribution in [0.2, 0.25) is 0 Å². The fourth-order valence-corrected chi connectivity index (χ4v) is 1.94. The zero-order valence-corrected chi connectivity index (χ0v) is 9.71. The number of methoxy groups -OCH3 is 1. The van der Waals surface area contributed by atoms with Gasteiger partial charge in [-0.3, -0.25) is 4.79 Å². The van der Waals surface area contributed by atoms with Gasteiger partial charge in [0, 0.05) is 20.3 Å². The van der Waals surface area contributed by atoms with Gasteiger partial charge in [-0.05, 0) is 31.7 Å². The van der Waals surface area contributed by atoms with Gasteiger partial charge in [0.1, 0.15) is 0 Å². The Morgan fingerprint density at radius 2 is 2.40 bits per heavy atom. The largest absolute Gasteiger partial charge is 0.385 e. The number of piperidine rings is 1. The zero-order valence-electron chi connectivity index (χ0n) is 9.71. The van der Waals surface area contributed by atoms with Gasteiger partial charge in [0.05, 0.1) is 6.04 Å². The van der Waals surface area contributed by atoms with Crippen molar-refractivity contribution < 1.29 is 9.53 Å². The molecule has 0 aromatic heterocycles. The first-order valence-corrected chi connectivity index (χ1v) is 5.75. The molecule has 4 nitrogen and oxygen atoms in total. The van der Waals surface area contributed by atoms with E-state index >= 15 is 0 Å². The van der Waals surface area contributed by atoms with Crippen LogP contribution in [-0.4, -0.2) is 38.8 Å². The molecule has 0 saturated carbocycles. The summed E-state index contributed by atoms with van der Waals surface area (Å²) < 4.78 is 4.92. The fraction of sp³-hybridized carbons (Fsp3) is 0.909. The van der Waals surface area contributed by atoms with Crippen LogP contribution in [0.3, 0.4) is 0 Å². The van der Waals surface area contributed by atoms with Gasteiger partial charge in [0.2, 0.25) is 5.91 Å². The first-order valence-electron chi connectivity index (χ1n) is 5.75. The summed E-state index contributed by atoms with van der Waals surface area (Å²) >= 11 is 0. The average Bonchev–Trinajstić information content (AvgIpc) is 2.25. The minimum atomic E-state index is 0.00120. The van der Waals surface area contributed by atoms with Crippen LogP contribution in [0.25, 0.3) is 0 Å². The van der Waals surface area contributed by atoms with E-state index in [1.54, 1.807) is 7.11 Å². The summed E-state index contributed by atoms with van der Waals surface area (Å²) in [5.74, 6) is 0.583. The fourth-order valence-electron chi connectivity index (χ4n) is 1.94. The Hall–Kier alpha value is -0.610. The first-order chi connectivity index (χ1) is 7.25. The van der Waals surface area contributed by atoms with E-state index in [9.17, 15) is 4.79 Å². The van der Waals surface area contributed by atoms with E-state index in [1.165, 1.54) is 6.42 Å². The first kappa shape index (κ1) is 12.5. The zero-order chi connectivity index (χ0) is 11.1. The van der Waals surface area contributed by atoms with Crippen molar-refractivity contribution in [3.8, 4) is 0 Å². The lowest BCUT2D eigenvalue weighted by Gasteiger charge is -2.28. The van der Waals surface area contributed by atoms with Crippen LogP contribution in [-0.2, 0) is 9.53 Å². The summed E-state index contributed by atoms with van der Waals surface area (Å²) in [6, 6.07) is 0.00120. The van der Waals surface area contributed by atoms with Gasteiger partial charge in [-0.2, -0.15) is 0 Å². The van der Waals surface area contributed by atoms with Crippen molar-refractivity contribution in [3.63, 3.8) is 0 Å². The molecule has 0 aromatic carbocycles. The van der Waals surface area contributed by atoms with Gasteiger partial charge in [-0.1, -0.05) is 6.92 Å². The highest BCUT2D eigenvalue weighted by atomic mass is 16.5. The number of hydrogen-bond acceptors (Lipinski definition) is 3. The van der Waals surface area contributed by atoms with E-state index in [-0.39, 0.29) is 11.9 Å². The van der Waals surface area contributed by atoms with Crippen LogP contribution in [0.4, 0.5) is 0 Å². The molecular formula is C11H22N2O2. The standard InChI is InChI=1S/C11H22N2O2/c1-9-5-3-6-12-10(9)11(14)13-7-4-8-15-2/h9-10,12H,3-8H2,1-2H3,(H,13,14). The van der Waals surface area contributed by atoms with Crippen LogP contribution in [0.1, 0.15) is 26.2 Å². The average molecular weight is 214 g/mol. The Morgan fingerprint density at radius 1 is 1.60 bits per heavy atom. The maximum atomic E-state index is 11.8. The van der Waals surface area contributed by atoms with Crippen LogP contribution in [0, 0.1) is 5.92 Å². The molecule has 2 unspecified atom stereocenters. The predicted molar refractivity (Wildman–Crippen MR) is 59.7 cm³/mol. The summed E-state index contributed by atoms with van der Waals surface area (Å²) in [5.41, 5.74) is 0. The molecule has 0 aromatic rings. The quantitative estimate of drug-likeness (QED) is 0.656. The third kappa shape index (κ3) is 4.18. The topological polar surface area (TPSA) is 50.4 Å². The highest BCUT2D eigenvalue weighted by molar-refractivity contribution is 5.82. The maximum absolute atomic E-state index is 11.8. The Balaban J connectivity index is 2.20. The molecule has 15 heavy (non-hydrogen) atoms. The number of hydrogen-bond donors (Lipinski definition) is 2. The number of carbonyl (C=O) groups excluding carboxylic acids is 1. The van der Waals surface area contributed by atoms with E-state index in [0.29, 0.717) is 19.1 Å². The number of amides is 1. The van der Waals surface area contributed by atoms with Crippen molar-refractivity contribution in [1.82, 2.24) is 10.6 Å². The molecule has 0 radical (unpaired) electrons. The molecule has 0 spiro atoms. The van der Waals surface area contributed by atoms with Crippen molar-refractivity contribution in [3.05, 3.63) is 0 Å². The van der Waals surface area contributed by atoms with Crippen LogP contribution in [0.5, 0.6) is 0 Å². The molecule has 4 heteroatoms. The van der Waals surface area contributed by atoms with E-state index in [0.717, 1.165) is 19.4 Å². The smallest absolute Gasteiger partial charge is 0.237 e. The minimum Gasteiger partial charge on any atom is -0.385 e. The second-order valence-corrected chi connectivity index (χ2v) is 4.19. The molecule has 1 fully saturated rings. The molecular weight excluding hydrogens is 192 g/mol. The van der Waals surface area contributed by atoms with E-state index in [4.69, 9.17) is 4.74 Å². The van der Waals surface area contributed by atoms with E-state index in [1.807, 2.05) is 0 Å². The summed E-state index contributed by atoms with van der Waals surface area (Å²) in [6.45, 7) is 4.50. The van der Waals surface area contributed by atoms with Gasteiger partial charge in [-0.15, -0.1) is 0 Å². The van der Waals surface area contributed by atoms with Crippen LogP contribution >= 0.6 is 0 Å². The number of rotatable bonds is 5. The van der Waals surface area contributed by atoms with Crippen molar-refractivity contribution in [2.24, 2.45) is 5.92 Å². The van der Waals surface area contributed by atoms with Crippen molar-refractivity contribution in [1.29, 1.82) is 0 Å². The third-order valence-electron chi connectivity index (χ3n) is 2.88. The molecule has 2 N–H and O–H groups in total. The molecule has 2 atom stereocenters. The molecule has 1 aliphatic rings. The van der Waals surface area contributed by atoms with Gasteiger partial charge in [0.25, 0.3) is 0 Å². The van der Waals surface area contributed by atoms with Crippen LogP contribution < -0.4 is 10.6 Å². The Kier molecular flexibility index (Phi) is 5.65.